The lowest BCUT2D eigenvalue weighted by atomic mass is 10.2. The summed E-state index contributed by atoms with van der Waals surface area (Å²) < 4.78 is 0.826. The quantitative estimate of drug-likeness (QED) is 0.905. The van der Waals surface area contributed by atoms with Crippen LogP contribution < -0.4 is 5.32 Å². The number of carbonyl (C=O) groups excluding carboxylic acids is 1. The molecule has 0 aliphatic carbocycles. The summed E-state index contributed by atoms with van der Waals surface area (Å²) in [6.07, 6.45) is 1.58. The maximum Gasteiger partial charge on any atom is 0.274 e. The molecule has 3 nitrogen and oxygen atoms in total. The van der Waals surface area contributed by atoms with Gasteiger partial charge in [-0.15, -0.1) is 0 Å². The van der Waals surface area contributed by atoms with Crippen LogP contribution in [0.15, 0.2) is 41.0 Å². The van der Waals surface area contributed by atoms with Gasteiger partial charge in [0, 0.05) is 10.7 Å². The molecule has 1 heterocycles. The smallest absolute Gasteiger partial charge is 0.274 e. The lowest BCUT2D eigenvalue weighted by Crippen LogP contribution is -2.13. The Morgan fingerprint density at radius 1 is 1.33 bits per heavy atom. The Hall–Kier alpha value is -1.39. The topological polar surface area (TPSA) is 42.0 Å². The minimum atomic E-state index is -0.284. The molecule has 2 rings (SSSR count). The van der Waals surface area contributed by atoms with E-state index >= 15 is 0 Å². The van der Waals surface area contributed by atoms with Gasteiger partial charge < -0.3 is 5.32 Å². The average molecular weight is 326 g/mol. The van der Waals surface area contributed by atoms with E-state index in [1.165, 1.54) is 0 Å². The molecule has 0 unspecified atom stereocenters. The van der Waals surface area contributed by atoms with Gasteiger partial charge in [-0.1, -0.05) is 17.7 Å². The number of hydrogen-bond donors (Lipinski definition) is 1. The Labute approximate surface area is 118 Å². The summed E-state index contributed by atoms with van der Waals surface area (Å²) in [6, 6.07) is 8.86. The van der Waals surface area contributed by atoms with Crippen LogP contribution in [0.4, 0.5) is 5.69 Å². The fraction of sp³-hybridized carbons (Fsp3) is 0.0769. The summed E-state index contributed by atoms with van der Waals surface area (Å²) in [6.45, 7) is 1.94. The first kappa shape index (κ1) is 13.1. The van der Waals surface area contributed by atoms with Crippen molar-refractivity contribution in [3.63, 3.8) is 0 Å². The summed E-state index contributed by atoms with van der Waals surface area (Å²) in [5.41, 5.74) is 1.96. The molecule has 1 aromatic heterocycles. The first-order chi connectivity index (χ1) is 8.56. The molecule has 5 heteroatoms. The van der Waals surface area contributed by atoms with Crippen molar-refractivity contribution in [3.8, 4) is 0 Å². The molecule has 0 bridgehead atoms. The Balaban J connectivity index is 2.18. The molecule has 1 amide bonds. The molecule has 0 saturated heterocycles. The number of rotatable bonds is 2. The lowest BCUT2D eigenvalue weighted by Gasteiger charge is -2.07. The summed E-state index contributed by atoms with van der Waals surface area (Å²) in [7, 11) is 0. The van der Waals surface area contributed by atoms with Crippen molar-refractivity contribution in [1.82, 2.24) is 4.98 Å². The van der Waals surface area contributed by atoms with Crippen molar-refractivity contribution in [2.75, 3.05) is 5.32 Å². The number of amides is 1. The predicted octanol–water partition coefficient (Wildman–Crippen LogP) is 4.06. The Morgan fingerprint density at radius 3 is 2.72 bits per heavy atom. The molecule has 0 aliphatic heterocycles. The molecule has 1 N–H and O–H groups in total. The molecule has 2 aromatic rings. The third-order valence-electron chi connectivity index (χ3n) is 2.33. The van der Waals surface area contributed by atoms with Gasteiger partial charge >= 0.3 is 0 Å². The SMILES string of the molecule is Cc1ccc(NC(=O)c2ccc(Br)cn2)c(Cl)c1. The van der Waals surface area contributed by atoms with Crippen LogP contribution in [-0.2, 0) is 0 Å². The van der Waals surface area contributed by atoms with Gasteiger partial charge in [-0.25, -0.2) is 4.98 Å². The number of aromatic nitrogens is 1. The molecule has 0 fully saturated rings. The fourth-order valence-electron chi connectivity index (χ4n) is 1.42. The Kier molecular flexibility index (Phi) is 3.99. The normalized spacial score (nSPS) is 10.2. The molecule has 0 aliphatic rings. The van der Waals surface area contributed by atoms with E-state index in [2.05, 4.69) is 26.2 Å². The average Bonchev–Trinajstić information content (AvgIpc) is 2.33. The van der Waals surface area contributed by atoms with Gasteiger partial charge in [0.05, 0.1) is 10.7 Å². The summed E-state index contributed by atoms with van der Waals surface area (Å²) in [5, 5.41) is 3.24. The lowest BCUT2D eigenvalue weighted by molar-refractivity contribution is 0.102. The maximum atomic E-state index is 11.9. The first-order valence-corrected chi connectivity index (χ1v) is 6.42. The van der Waals surface area contributed by atoms with E-state index in [0.717, 1.165) is 10.0 Å². The van der Waals surface area contributed by atoms with Crippen molar-refractivity contribution in [1.29, 1.82) is 0 Å². The number of benzene rings is 1. The monoisotopic (exact) mass is 324 g/mol. The number of hydrogen-bond acceptors (Lipinski definition) is 2. The summed E-state index contributed by atoms with van der Waals surface area (Å²) in [5.74, 6) is -0.284. The molecule has 92 valence electrons. The minimum Gasteiger partial charge on any atom is -0.319 e. The zero-order valence-electron chi connectivity index (χ0n) is 9.58. The second-order valence-corrected chi connectivity index (χ2v) is 5.12. The molecule has 0 radical (unpaired) electrons. The zero-order chi connectivity index (χ0) is 13.1. The third-order valence-corrected chi connectivity index (χ3v) is 3.11. The fourth-order valence-corrected chi connectivity index (χ4v) is 1.93. The number of anilines is 1. The predicted molar refractivity (Wildman–Crippen MR) is 76.1 cm³/mol. The number of pyridine rings is 1. The standard InChI is InChI=1S/C13H10BrClN2O/c1-8-2-4-11(10(15)6-8)17-13(18)12-5-3-9(14)7-16-12/h2-7H,1H3,(H,17,18). The molecule has 0 atom stereocenters. The van der Waals surface area contributed by atoms with Gasteiger partial charge in [0.25, 0.3) is 5.91 Å². The zero-order valence-corrected chi connectivity index (χ0v) is 11.9. The molecular formula is C13H10BrClN2O. The summed E-state index contributed by atoms with van der Waals surface area (Å²) >= 11 is 9.31. The molecule has 0 saturated carbocycles. The molecular weight excluding hydrogens is 316 g/mol. The first-order valence-electron chi connectivity index (χ1n) is 5.25. The highest BCUT2D eigenvalue weighted by Crippen LogP contribution is 2.23. The van der Waals surface area contributed by atoms with Gasteiger partial charge in [0.2, 0.25) is 0 Å². The van der Waals surface area contributed by atoms with E-state index in [4.69, 9.17) is 11.6 Å². The Morgan fingerprint density at radius 2 is 2.11 bits per heavy atom. The van der Waals surface area contributed by atoms with E-state index in [-0.39, 0.29) is 5.91 Å². The molecule has 18 heavy (non-hydrogen) atoms. The van der Waals surface area contributed by atoms with Gasteiger partial charge in [-0.2, -0.15) is 0 Å². The van der Waals surface area contributed by atoms with E-state index in [9.17, 15) is 4.79 Å². The van der Waals surface area contributed by atoms with Crippen LogP contribution in [0.1, 0.15) is 16.1 Å². The van der Waals surface area contributed by atoms with Gasteiger partial charge in [-0.05, 0) is 52.7 Å². The van der Waals surface area contributed by atoms with Crippen molar-refractivity contribution >= 4 is 39.1 Å². The second kappa shape index (κ2) is 5.50. The van der Waals surface area contributed by atoms with Crippen LogP contribution in [-0.4, -0.2) is 10.9 Å². The van der Waals surface area contributed by atoms with Gasteiger partial charge in [0.15, 0.2) is 0 Å². The van der Waals surface area contributed by atoms with Crippen molar-refractivity contribution in [2.24, 2.45) is 0 Å². The number of nitrogens with zero attached hydrogens (tertiary/aromatic N) is 1. The van der Waals surface area contributed by atoms with Crippen molar-refractivity contribution in [3.05, 3.63) is 57.3 Å². The van der Waals surface area contributed by atoms with Crippen LogP contribution in [0.25, 0.3) is 0 Å². The Bertz CT molecular complexity index is 584. The largest absolute Gasteiger partial charge is 0.319 e. The van der Waals surface area contributed by atoms with Crippen LogP contribution in [0.5, 0.6) is 0 Å². The number of carbonyl (C=O) groups is 1. The van der Waals surface area contributed by atoms with Crippen LogP contribution >= 0.6 is 27.5 Å². The van der Waals surface area contributed by atoms with Crippen molar-refractivity contribution < 1.29 is 4.79 Å². The van der Waals surface area contributed by atoms with E-state index in [0.29, 0.717) is 16.4 Å². The molecule has 1 aromatic carbocycles. The highest BCUT2D eigenvalue weighted by Gasteiger charge is 2.09. The van der Waals surface area contributed by atoms with Crippen LogP contribution in [0, 0.1) is 6.92 Å². The maximum absolute atomic E-state index is 11.9. The van der Waals surface area contributed by atoms with Crippen molar-refractivity contribution in [2.45, 2.75) is 6.92 Å². The van der Waals surface area contributed by atoms with Gasteiger partial charge in [-0.3, -0.25) is 4.79 Å². The highest BCUT2D eigenvalue weighted by atomic mass is 79.9. The molecule has 0 spiro atoms. The highest BCUT2D eigenvalue weighted by molar-refractivity contribution is 9.10. The minimum absolute atomic E-state index is 0.284. The van der Waals surface area contributed by atoms with Crippen LogP contribution in [0.3, 0.4) is 0 Å². The number of nitrogens with one attached hydrogen (secondary N) is 1. The van der Waals surface area contributed by atoms with Gasteiger partial charge in [0.1, 0.15) is 5.69 Å². The third kappa shape index (κ3) is 3.09. The van der Waals surface area contributed by atoms with Crippen LogP contribution in [0.2, 0.25) is 5.02 Å². The van der Waals surface area contributed by atoms with E-state index in [1.54, 1.807) is 30.5 Å². The van der Waals surface area contributed by atoms with E-state index in [1.807, 2.05) is 13.0 Å². The number of halogens is 2. The summed E-state index contributed by atoms with van der Waals surface area (Å²) in [4.78, 5) is 15.9. The van der Waals surface area contributed by atoms with E-state index < -0.39 is 0 Å². The number of aryl methyl sites for hydroxylation is 1. The second-order valence-electron chi connectivity index (χ2n) is 3.80.